The lowest BCUT2D eigenvalue weighted by Crippen LogP contribution is -2.18. The molecule has 7 heteroatoms. The van der Waals surface area contributed by atoms with E-state index in [9.17, 15) is 8.42 Å². The first-order chi connectivity index (χ1) is 10.5. The Balaban J connectivity index is 2.07. The zero-order valence-electron chi connectivity index (χ0n) is 11.9. The fraction of sp³-hybridized carbons (Fsp3) is 0.133. The number of sulfonamides is 1. The van der Waals surface area contributed by atoms with E-state index >= 15 is 0 Å². The average Bonchev–Trinajstić information content (AvgIpc) is 2.48. The molecule has 0 aliphatic heterocycles. The van der Waals surface area contributed by atoms with E-state index in [-0.39, 0.29) is 4.90 Å². The van der Waals surface area contributed by atoms with Crippen molar-refractivity contribution in [1.29, 1.82) is 0 Å². The van der Waals surface area contributed by atoms with Crippen LogP contribution in [0.3, 0.4) is 0 Å². The Labute approximate surface area is 138 Å². The molecule has 0 saturated heterocycles. The minimum atomic E-state index is -3.69. The number of ether oxygens (including phenoxy) is 1. The monoisotopic (exact) mass is 382 g/mol. The van der Waals surface area contributed by atoms with Gasteiger partial charge in [-0.05, 0) is 48.9 Å². The number of halogens is 1. The largest absolute Gasteiger partial charge is 0.494 e. The minimum absolute atomic E-state index is 0.127. The van der Waals surface area contributed by atoms with Gasteiger partial charge >= 0.3 is 0 Å². The highest BCUT2D eigenvalue weighted by Crippen LogP contribution is 2.16. The number of nitrogens with one attached hydrogen (secondary N) is 1. The summed E-state index contributed by atoms with van der Waals surface area (Å²) in [5.41, 5.74) is 0.781. The summed E-state index contributed by atoms with van der Waals surface area (Å²) in [6, 6.07) is 13.5. The Morgan fingerprint density at radius 3 is 2.59 bits per heavy atom. The van der Waals surface area contributed by atoms with Gasteiger partial charge in [0.25, 0.3) is 10.0 Å². The van der Waals surface area contributed by atoms with Crippen LogP contribution >= 0.6 is 15.9 Å². The predicted octanol–water partition coefficient (Wildman–Crippen LogP) is 3.16. The second-order valence-electron chi connectivity index (χ2n) is 4.31. The van der Waals surface area contributed by atoms with Crippen LogP contribution in [0.2, 0.25) is 0 Å². The molecule has 5 nitrogen and oxygen atoms in total. The Morgan fingerprint density at radius 1 is 1.23 bits per heavy atom. The molecule has 0 aliphatic carbocycles. The van der Waals surface area contributed by atoms with Gasteiger partial charge in [-0.3, -0.25) is 0 Å². The van der Waals surface area contributed by atoms with E-state index in [1.807, 2.05) is 31.2 Å². The first kappa shape index (κ1) is 16.5. The number of hydrazone groups is 1. The molecule has 1 N–H and O–H groups in total. The van der Waals surface area contributed by atoms with Crippen molar-refractivity contribution < 1.29 is 13.2 Å². The number of benzene rings is 2. The highest BCUT2D eigenvalue weighted by molar-refractivity contribution is 9.10. The number of hydrogen-bond donors (Lipinski definition) is 1. The summed E-state index contributed by atoms with van der Waals surface area (Å²) in [7, 11) is -3.69. The third-order valence-corrected chi connectivity index (χ3v) is 4.41. The molecule has 0 spiro atoms. The zero-order chi connectivity index (χ0) is 16.0. The molecule has 0 radical (unpaired) electrons. The second-order valence-corrected chi connectivity index (χ2v) is 6.89. The first-order valence-corrected chi connectivity index (χ1v) is 8.82. The second kappa shape index (κ2) is 7.42. The van der Waals surface area contributed by atoms with Gasteiger partial charge in [-0.1, -0.05) is 28.1 Å². The molecule has 0 amide bonds. The van der Waals surface area contributed by atoms with Gasteiger partial charge in [0.1, 0.15) is 5.75 Å². The molecule has 0 saturated carbocycles. The molecule has 0 fully saturated rings. The summed E-state index contributed by atoms with van der Waals surface area (Å²) in [4.78, 5) is 2.31. The maximum Gasteiger partial charge on any atom is 0.276 e. The highest BCUT2D eigenvalue weighted by atomic mass is 79.9. The Bertz CT molecular complexity index is 759. The van der Waals surface area contributed by atoms with E-state index in [0.717, 1.165) is 10.0 Å². The molecule has 0 bridgehead atoms. The summed E-state index contributed by atoms with van der Waals surface area (Å²) in [6.45, 7) is 2.39. The average molecular weight is 383 g/mol. The van der Waals surface area contributed by atoms with E-state index in [1.165, 1.54) is 18.3 Å². The third kappa shape index (κ3) is 4.57. The molecular weight excluding hydrogens is 368 g/mol. The quantitative estimate of drug-likeness (QED) is 0.616. The van der Waals surface area contributed by atoms with Crippen molar-refractivity contribution in [2.24, 2.45) is 5.10 Å². The van der Waals surface area contributed by atoms with Gasteiger partial charge in [-0.2, -0.15) is 13.5 Å². The molecule has 0 aliphatic rings. The van der Waals surface area contributed by atoms with Crippen LogP contribution in [-0.2, 0) is 10.0 Å². The van der Waals surface area contributed by atoms with Crippen LogP contribution in [0.1, 0.15) is 12.5 Å². The molecule has 0 aromatic heterocycles. The van der Waals surface area contributed by atoms with E-state index < -0.39 is 10.0 Å². The Morgan fingerprint density at radius 2 is 1.95 bits per heavy atom. The van der Waals surface area contributed by atoms with Crippen molar-refractivity contribution in [1.82, 2.24) is 4.83 Å². The van der Waals surface area contributed by atoms with Crippen molar-refractivity contribution in [3.63, 3.8) is 0 Å². The standard InChI is InChI=1S/C15H15BrN2O3S/c1-2-21-14-6-8-15(9-7-14)22(19,20)18-17-11-12-4-3-5-13(16)10-12/h3-11,18H,2H2,1H3. The topological polar surface area (TPSA) is 67.8 Å². The molecule has 22 heavy (non-hydrogen) atoms. The van der Waals surface area contributed by atoms with Crippen molar-refractivity contribution >= 4 is 32.2 Å². The zero-order valence-corrected chi connectivity index (χ0v) is 14.3. The van der Waals surface area contributed by atoms with Crippen LogP contribution in [-0.4, -0.2) is 21.2 Å². The summed E-state index contributed by atoms with van der Waals surface area (Å²) in [5, 5.41) is 3.77. The lowest BCUT2D eigenvalue weighted by molar-refractivity contribution is 0.340. The summed E-state index contributed by atoms with van der Waals surface area (Å²) in [6.07, 6.45) is 1.44. The molecule has 0 unspecified atom stereocenters. The SMILES string of the molecule is CCOc1ccc(S(=O)(=O)NN=Cc2cccc(Br)c2)cc1. The number of hydrogen-bond acceptors (Lipinski definition) is 4. The van der Waals surface area contributed by atoms with Crippen LogP contribution in [0, 0.1) is 0 Å². The lowest BCUT2D eigenvalue weighted by atomic mass is 10.2. The van der Waals surface area contributed by atoms with Crippen molar-refractivity contribution in [2.75, 3.05) is 6.61 Å². The van der Waals surface area contributed by atoms with Gasteiger partial charge in [0, 0.05) is 4.47 Å². The predicted molar refractivity (Wildman–Crippen MR) is 89.7 cm³/mol. The van der Waals surface area contributed by atoms with Crippen molar-refractivity contribution in [3.8, 4) is 5.75 Å². The van der Waals surface area contributed by atoms with Gasteiger partial charge in [0.05, 0.1) is 17.7 Å². The molecule has 2 rings (SSSR count). The summed E-state index contributed by atoms with van der Waals surface area (Å²) >= 11 is 3.34. The van der Waals surface area contributed by atoms with Gasteiger partial charge in [0.15, 0.2) is 0 Å². The minimum Gasteiger partial charge on any atom is -0.494 e. The molecular formula is C15H15BrN2O3S. The van der Waals surface area contributed by atoms with Crippen LogP contribution in [0.5, 0.6) is 5.75 Å². The lowest BCUT2D eigenvalue weighted by Gasteiger charge is -2.05. The maximum atomic E-state index is 12.1. The third-order valence-electron chi connectivity index (χ3n) is 2.68. The molecule has 2 aromatic carbocycles. The molecule has 2 aromatic rings. The van der Waals surface area contributed by atoms with E-state index in [4.69, 9.17) is 4.74 Å². The van der Waals surface area contributed by atoms with Gasteiger partial charge in [-0.25, -0.2) is 4.83 Å². The Hall–Kier alpha value is -1.86. The molecule has 0 heterocycles. The summed E-state index contributed by atoms with van der Waals surface area (Å²) in [5.74, 6) is 0.624. The van der Waals surface area contributed by atoms with Gasteiger partial charge in [0.2, 0.25) is 0 Å². The van der Waals surface area contributed by atoms with Crippen LogP contribution in [0.15, 0.2) is 63.0 Å². The van der Waals surface area contributed by atoms with E-state index in [0.29, 0.717) is 12.4 Å². The van der Waals surface area contributed by atoms with Gasteiger partial charge in [-0.15, -0.1) is 0 Å². The van der Waals surface area contributed by atoms with E-state index in [1.54, 1.807) is 12.1 Å². The van der Waals surface area contributed by atoms with Crippen molar-refractivity contribution in [3.05, 3.63) is 58.6 Å². The fourth-order valence-electron chi connectivity index (χ4n) is 1.69. The highest BCUT2D eigenvalue weighted by Gasteiger charge is 2.12. The molecule has 116 valence electrons. The van der Waals surface area contributed by atoms with Gasteiger partial charge < -0.3 is 4.74 Å². The normalized spacial score (nSPS) is 11.5. The van der Waals surface area contributed by atoms with Crippen LogP contribution in [0.25, 0.3) is 0 Å². The number of rotatable bonds is 6. The van der Waals surface area contributed by atoms with Crippen molar-refractivity contribution in [2.45, 2.75) is 11.8 Å². The van der Waals surface area contributed by atoms with Crippen LogP contribution in [0.4, 0.5) is 0 Å². The summed E-state index contributed by atoms with van der Waals surface area (Å²) < 4.78 is 30.3. The first-order valence-electron chi connectivity index (χ1n) is 6.54. The smallest absolute Gasteiger partial charge is 0.276 e. The Kier molecular flexibility index (Phi) is 5.57. The maximum absolute atomic E-state index is 12.1. The number of nitrogens with zero attached hydrogens (tertiary/aromatic N) is 1. The van der Waals surface area contributed by atoms with E-state index in [2.05, 4.69) is 25.9 Å². The fourth-order valence-corrected chi connectivity index (χ4v) is 2.90. The van der Waals surface area contributed by atoms with Crippen LogP contribution < -0.4 is 9.57 Å². The molecule has 0 atom stereocenters.